The molecule has 0 aliphatic heterocycles. The fraction of sp³-hybridized carbons (Fsp3) is 0.750. The van der Waals surface area contributed by atoms with Crippen molar-refractivity contribution in [3.05, 3.63) is 0 Å². The average Bonchev–Trinajstić information content (AvgIpc) is 2.96. The number of aromatic nitrogens is 4. The van der Waals surface area contributed by atoms with E-state index in [1.54, 1.807) is 11.7 Å². The minimum absolute atomic E-state index is 0.0508. The quantitative estimate of drug-likeness (QED) is 0.707. The molecule has 15 heavy (non-hydrogen) atoms. The Labute approximate surface area is 91.8 Å². The second-order valence-corrected chi connectivity index (χ2v) is 4.56. The number of nitrogens with zero attached hydrogens (tertiary/aromatic N) is 4. The molecule has 0 spiro atoms. The normalized spacial score (nSPS) is 15.3. The number of amides is 1. The van der Waals surface area contributed by atoms with Gasteiger partial charge in [-0.25, -0.2) is 4.68 Å². The molecule has 0 atom stereocenters. The number of hydrogen-bond donors (Lipinski definition) is 1. The van der Waals surface area contributed by atoms with Gasteiger partial charge in [0.05, 0.1) is 5.75 Å². The molecule has 1 amide bonds. The fourth-order valence-electron chi connectivity index (χ4n) is 1.10. The lowest BCUT2D eigenvalue weighted by Crippen LogP contribution is -2.27. The third kappa shape index (κ3) is 3.19. The van der Waals surface area contributed by atoms with Crippen LogP contribution in [0, 0.1) is 5.92 Å². The van der Waals surface area contributed by atoms with Crippen molar-refractivity contribution < 1.29 is 4.79 Å². The largest absolute Gasteiger partial charge is 0.355 e. The van der Waals surface area contributed by atoms with Gasteiger partial charge in [-0.15, -0.1) is 5.10 Å². The minimum atomic E-state index is 0.0508. The van der Waals surface area contributed by atoms with Crippen molar-refractivity contribution >= 4 is 17.7 Å². The molecule has 1 N–H and O–H groups in total. The van der Waals surface area contributed by atoms with Crippen molar-refractivity contribution in [2.24, 2.45) is 13.0 Å². The Hall–Kier alpha value is -1.11. The van der Waals surface area contributed by atoms with E-state index in [0.717, 1.165) is 12.5 Å². The Bertz CT molecular complexity index is 349. The standard InChI is InChI=1S/C8H13N5OS/c1-13-8(10-11-12-13)15-5-7(14)9-4-6-2-3-6/h6H,2-5H2,1H3,(H,9,14). The second kappa shape index (κ2) is 4.61. The van der Waals surface area contributed by atoms with Crippen molar-refractivity contribution in [1.82, 2.24) is 25.5 Å². The first kappa shape index (κ1) is 10.4. The van der Waals surface area contributed by atoms with Gasteiger partial charge in [-0.3, -0.25) is 4.79 Å². The molecule has 0 bridgehead atoms. The molecule has 1 fully saturated rings. The van der Waals surface area contributed by atoms with E-state index in [4.69, 9.17) is 0 Å². The molecule has 1 aromatic heterocycles. The summed E-state index contributed by atoms with van der Waals surface area (Å²) in [6, 6.07) is 0. The zero-order valence-electron chi connectivity index (χ0n) is 8.51. The van der Waals surface area contributed by atoms with Crippen LogP contribution in [0.15, 0.2) is 5.16 Å². The fourth-order valence-corrected chi connectivity index (χ4v) is 1.78. The lowest BCUT2D eigenvalue weighted by atomic mass is 10.4. The number of carbonyl (C=O) groups excluding carboxylic acids is 1. The number of tetrazole rings is 1. The Balaban J connectivity index is 1.68. The zero-order chi connectivity index (χ0) is 10.7. The van der Waals surface area contributed by atoms with Crippen LogP contribution in [0.1, 0.15) is 12.8 Å². The van der Waals surface area contributed by atoms with Gasteiger partial charge in [0.1, 0.15) is 0 Å². The molecule has 0 aromatic carbocycles. The highest BCUT2D eigenvalue weighted by Crippen LogP contribution is 2.27. The number of rotatable bonds is 5. The maximum absolute atomic E-state index is 11.4. The SMILES string of the molecule is Cn1nnnc1SCC(=O)NCC1CC1. The van der Waals surface area contributed by atoms with Crippen LogP contribution >= 0.6 is 11.8 Å². The maximum atomic E-state index is 11.4. The second-order valence-electron chi connectivity index (χ2n) is 3.62. The van der Waals surface area contributed by atoms with Crippen molar-refractivity contribution in [1.29, 1.82) is 0 Å². The molecule has 1 saturated carbocycles. The molecule has 1 aromatic rings. The Morgan fingerprint density at radius 1 is 1.67 bits per heavy atom. The molecule has 1 aliphatic rings. The number of nitrogens with one attached hydrogen (secondary N) is 1. The third-order valence-electron chi connectivity index (χ3n) is 2.20. The van der Waals surface area contributed by atoms with Crippen LogP contribution in [0.25, 0.3) is 0 Å². The highest BCUT2D eigenvalue weighted by molar-refractivity contribution is 7.99. The van der Waals surface area contributed by atoms with Crippen molar-refractivity contribution in [2.45, 2.75) is 18.0 Å². The molecule has 0 unspecified atom stereocenters. The van der Waals surface area contributed by atoms with Crippen molar-refractivity contribution in [2.75, 3.05) is 12.3 Å². The van der Waals surface area contributed by atoms with E-state index < -0.39 is 0 Å². The summed E-state index contributed by atoms with van der Waals surface area (Å²) in [5.74, 6) is 1.14. The van der Waals surface area contributed by atoms with Gasteiger partial charge in [-0.1, -0.05) is 11.8 Å². The highest BCUT2D eigenvalue weighted by atomic mass is 32.2. The summed E-state index contributed by atoms with van der Waals surface area (Å²) in [6.07, 6.45) is 2.50. The van der Waals surface area contributed by atoms with Crippen LogP contribution in [-0.2, 0) is 11.8 Å². The highest BCUT2D eigenvalue weighted by Gasteiger charge is 2.21. The predicted octanol–water partition coefficient (Wildman–Crippen LogP) is -0.172. The van der Waals surface area contributed by atoms with E-state index in [9.17, 15) is 4.79 Å². The van der Waals surface area contributed by atoms with Crippen LogP contribution in [-0.4, -0.2) is 38.4 Å². The molecule has 6 nitrogen and oxygen atoms in total. The van der Waals surface area contributed by atoms with E-state index in [2.05, 4.69) is 20.8 Å². The van der Waals surface area contributed by atoms with Crippen molar-refractivity contribution in [3.63, 3.8) is 0 Å². The van der Waals surface area contributed by atoms with Gasteiger partial charge in [0.2, 0.25) is 11.1 Å². The maximum Gasteiger partial charge on any atom is 0.230 e. The lowest BCUT2D eigenvalue weighted by molar-refractivity contribution is -0.118. The van der Waals surface area contributed by atoms with E-state index >= 15 is 0 Å². The number of thioether (sulfide) groups is 1. The summed E-state index contributed by atoms with van der Waals surface area (Å²) >= 11 is 1.35. The first-order valence-electron chi connectivity index (χ1n) is 4.87. The molecule has 1 aliphatic carbocycles. The molecular weight excluding hydrogens is 214 g/mol. The van der Waals surface area contributed by atoms with Crippen LogP contribution in [0.4, 0.5) is 0 Å². The van der Waals surface area contributed by atoms with E-state index in [1.807, 2.05) is 0 Å². The van der Waals surface area contributed by atoms with Crippen LogP contribution < -0.4 is 5.32 Å². The molecule has 2 rings (SSSR count). The smallest absolute Gasteiger partial charge is 0.230 e. The minimum Gasteiger partial charge on any atom is -0.355 e. The predicted molar refractivity (Wildman–Crippen MR) is 55.3 cm³/mol. The van der Waals surface area contributed by atoms with Crippen LogP contribution in [0.5, 0.6) is 0 Å². The number of hydrogen-bond acceptors (Lipinski definition) is 5. The van der Waals surface area contributed by atoms with Gasteiger partial charge >= 0.3 is 0 Å². The first-order valence-corrected chi connectivity index (χ1v) is 5.86. The first-order chi connectivity index (χ1) is 7.25. The van der Waals surface area contributed by atoms with Crippen LogP contribution in [0.2, 0.25) is 0 Å². The summed E-state index contributed by atoms with van der Waals surface area (Å²) in [7, 11) is 1.75. The summed E-state index contributed by atoms with van der Waals surface area (Å²) in [5, 5.41) is 14.5. The van der Waals surface area contributed by atoms with E-state index in [-0.39, 0.29) is 5.91 Å². The molecule has 82 valence electrons. The van der Waals surface area contributed by atoms with E-state index in [1.165, 1.54) is 24.6 Å². The molecule has 0 saturated heterocycles. The van der Waals surface area contributed by atoms with E-state index in [0.29, 0.717) is 10.9 Å². The van der Waals surface area contributed by atoms with Crippen molar-refractivity contribution in [3.8, 4) is 0 Å². The van der Waals surface area contributed by atoms with Gasteiger partial charge in [-0.2, -0.15) is 0 Å². The zero-order valence-corrected chi connectivity index (χ0v) is 9.33. The Morgan fingerprint density at radius 3 is 3.07 bits per heavy atom. The molecule has 7 heteroatoms. The summed E-state index contributed by atoms with van der Waals surface area (Å²) in [5.41, 5.74) is 0. The van der Waals surface area contributed by atoms with Gasteiger partial charge in [-0.05, 0) is 29.2 Å². The van der Waals surface area contributed by atoms with Crippen LogP contribution in [0.3, 0.4) is 0 Å². The van der Waals surface area contributed by atoms with Gasteiger partial charge in [0.25, 0.3) is 0 Å². The van der Waals surface area contributed by atoms with Gasteiger partial charge in [0, 0.05) is 13.6 Å². The summed E-state index contributed by atoms with van der Waals surface area (Å²) in [6.45, 7) is 0.816. The Morgan fingerprint density at radius 2 is 2.47 bits per heavy atom. The number of carbonyl (C=O) groups is 1. The number of aryl methyl sites for hydroxylation is 1. The average molecular weight is 227 g/mol. The topological polar surface area (TPSA) is 72.7 Å². The molecular formula is C8H13N5OS. The molecule has 1 heterocycles. The summed E-state index contributed by atoms with van der Waals surface area (Å²) < 4.78 is 1.55. The summed E-state index contributed by atoms with van der Waals surface area (Å²) in [4.78, 5) is 11.4. The Kier molecular flexibility index (Phi) is 3.20. The van der Waals surface area contributed by atoms with Gasteiger partial charge in [0.15, 0.2) is 0 Å². The lowest BCUT2D eigenvalue weighted by Gasteiger charge is -2.02. The monoisotopic (exact) mass is 227 g/mol. The van der Waals surface area contributed by atoms with Gasteiger partial charge < -0.3 is 5.32 Å². The molecule has 0 radical (unpaired) electrons. The third-order valence-corrected chi connectivity index (χ3v) is 3.21.